The first-order chi connectivity index (χ1) is 7.50. The fourth-order valence-corrected chi connectivity index (χ4v) is 1.16. The summed E-state index contributed by atoms with van der Waals surface area (Å²) in [6.45, 7) is 1.82. The highest BCUT2D eigenvalue weighted by atomic mass is 79.9. The van der Waals surface area contributed by atoms with Crippen LogP contribution in [-0.4, -0.2) is 30.7 Å². The highest BCUT2D eigenvalue weighted by Gasteiger charge is 2.03. The molecule has 5 heteroatoms. The number of amidine groups is 1. The molecule has 0 aromatic heterocycles. The van der Waals surface area contributed by atoms with Crippen LogP contribution in [0.15, 0.2) is 33.8 Å². The Balaban J connectivity index is 2.66. The number of nitrogens with one attached hydrogen (secondary N) is 1. The van der Waals surface area contributed by atoms with Crippen molar-refractivity contribution in [1.82, 2.24) is 10.3 Å². The smallest absolute Gasteiger partial charge is 0.271 e. The van der Waals surface area contributed by atoms with Crippen LogP contribution < -0.4 is 5.43 Å². The van der Waals surface area contributed by atoms with Crippen LogP contribution in [0, 0.1) is 0 Å². The second-order valence-electron chi connectivity index (χ2n) is 3.50. The summed E-state index contributed by atoms with van der Waals surface area (Å²) in [5.41, 5.74) is 3.07. The maximum Gasteiger partial charge on any atom is 0.271 e. The molecule has 0 aliphatic rings. The van der Waals surface area contributed by atoms with Crippen LogP contribution in [0.4, 0.5) is 0 Å². The molecule has 0 bridgehead atoms. The predicted octanol–water partition coefficient (Wildman–Crippen LogP) is 2.07. The van der Waals surface area contributed by atoms with E-state index in [0.717, 1.165) is 10.3 Å². The molecule has 0 atom stereocenters. The Labute approximate surface area is 103 Å². The molecule has 0 radical (unpaired) electrons. The summed E-state index contributed by atoms with van der Waals surface area (Å²) in [6, 6.07) is 7.11. The molecule has 0 heterocycles. The van der Waals surface area contributed by atoms with Crippen molar-refractivity contribution in [2.75, 3.05) is 14.1 Å². The van der Waals surface area contributed by atoms with Gasteiger partial charge in [0.2, 0.25) is 0 Å². The first kappa shape index (κ1) is 12.7. The van der Waals surface area contributed by atoms with E-state index < -0.39 is 0 Å². The zero-order valence-corrected chi connectivity index (χ0v) is 11.1. The summed E-state index contributed by atoms with van der Waals surface area (Å²) < 4.78 is 0.942. The fourth-order valence-electron chi connectivity index (χ4n) is 0.897. The molecule has 1 N–H and O–H groups in total. The van der Waals surface area contributed by atoms with Crippen LogP contribution in [0.5, 0.6) is 0 Å². The zero-order valence-electron chi connectivity index (χ0n) is 9.49. The van der Waals surface area contributed by atoms with Crippen LogP contribution in [-0.2, 0) is 0 Å². The van der Waals surface area contributed by atoms with Gasteiger partial charge < -0.3 is 4.90 Å². The molecule has 1 rings (SSSR count). The van der Waals surface area contributed by atoms with Crippen molar-refractivity contribution >= 4 is 27.7 Å². The number of nitrogens with zero attached hydrogens (tertiary/aromatic N) is 2. The minimum atomic E-state index is -0.214. The van der Waals surface area contributed by atoms with E-state index >= 15 is 0 Å². The number of carbonyl (C=O) groups excluding carboxylic acids is 1. The Morgan fingerprint density at radius 2 is 1.88 bits per heavy atom. The second kappa shape index (κ2) is 5.65. The number of carbonyl (C=O) groups is 1. The molecular formula is C11H14BrN3O. The molecular weight excluding hydrogens is 270 g/mol. The van der Waals surface area contributed by atoms with Crippen LogP contribution in [0.1, 0.15) is 17.3 Å². The number of amides is 1. The second-order valence-corrected chi connectivity index (χ2v) is 4.42. The Morgan fingerprint density at radius 1 is 1.31 bits per heavy atom. The van der Waals surface area contributed by atoms with Crippen molar-refractivity contribution < 1.29 is 4.79 Å². The molecule has 86 valence electrons. The van der Waals surface area contributed by atoms with E-state index in [1.54, 1.807) is 12.1 Å². The number of hydrogen-bond donors (Lipinski definition) is 1. The maximum atomic E-state index is 11.6. The lowest BCUT2D eigenvalue weighted by Gasteiger charge is -2.10. The quantitative estimate of drug-likeness (QED) is 0.513. The van der Waals surface area contributed by atoms with Crippen molar-refractivity contribution in [3.8, 4) is 0 Å². The van der Waals surface area contributed by atoms with Gasteiger partial charge in [0, 0.05) is 24.1 Å². The molecule has 0 fully saturated rings. The van der Waals surface area contributed by atoms with Gasteiger partial charge in [0.15, 0.2) is 0 Å². The van der Waals surface area contributed by atoms with Crippen molar-refractivity contribution in [3.63, 3.8) is 0 Å². The topological polar surface area (TPSA) is 44.7 Å². The molecule has 0 saturated heterocycles. The summed E-state index contributed by atoms with van der Waals surface area (Å²) in [7, 11) is 3.73. The fraction of sp³-hybridized carbons (Fsp3) is 0.273. The monoisotopic (exact) mass is 283 g/mol. The normalized spacial score (nSPS) is 11.1. The molecule has 1 aromatic rings. The maximum absolute atomic E-state index is 11.6. The molecule has 1 aromatic carbocycles. The molecule has 0 saturated carbocycles. The molecule has 0 unspecified atom stereocenters. The summed E-state index contributed by atoms with van der Waals surface area (Å²) in [5.74, 6) is 0.527. The van der Waals surface area contributed by atoms with E-state index in [1.807, 2.05) is 38.1 Å². The third-order valence-electron chi connectivity index (χ3n) is 2.07. The van der Waals surface area contributed by atoms with Gasteiger partial charge in [0.05, 0.1) is 0 Å². The van der Waals surface area contributed by atoms with Gasteiger partial charge in [0.25, 0.3) is 5.91 Å². The Bertz CT molecular complexity index is 398. The Kier molecular flexibility index (Phi) is 4.49. The third-order valence-corrected chi connectivity index (χ3v) is 2.60. The number of hydrogen-bond acceptors (Lipinski definition) is 2. The molecule has 4 nitrogen and oxygen atoms in total. The van der Waals surface area contributed by atoms with Gasteiger partial charge in [-0.3, -0.25) is 4.79 Å². The zero-order chi connectivity index (χ0) is 12.1. The highest BCUT2D eigenvalue weighted by Crippen LogP contribution is 2.10. The predicted molar refractivity (Wildman–Crippen MR) is 68.4 cm³/mol. The lowest BCUT2D eigenvalue weighted by molar-refractivity contribution is 0.0954. The number of rotatable bonds is 2. The van der Waals surface area contributed by atoms with Gasteiger partial charge in [-0.25, -0.2) is 5.43 Å². The average Bonchev–Trinajstić information content (AvgIpc) is 2.26. The van der Waals surface area contributed by atoms with Crippen molar-refractivity contribution in [2.24, 2.45) is 5.10 Å². The van der Waals surface area contributed by atoms with Crippen LogP contribution in [0.25, 0.3) is 0 Å². The van der Waals surface area contributed by atoms with Gasteiger partial charge in [-0.2, -0.15) is 5.10 Å². The standard InChI is InChI=1S/C11H14BrN3O/c1-8(15(2)3)13-14-11(16)9-4-6-10(12)7-5-9/h4-7H,1-3H3,(H,14,16)/b13-8+. The molecule has 1 amide bonds. The summed E-state index contributed by atoms with van der Waals surface area (Å²) >= 11 is 3.31. The molecule has 0 aliphatic carbocycles. The Morgan fingerprint density at radius 3 is 2.38 bits per heavy atom. The summed E-state index contributed by atoms with van der Waals surface area (Å²) in [5, 5.41) is 3.95. The van der Waals surface area contributed by atoms with Gasteiger partial charge >= 0.3 is 0 Å². The van der Waals surface area contributed by atoms with E-state index in [-0.39, 0.29) is 5.91 Å². The van der Waals surface area contributed by atoms with Crippen LogP contribution in [0.3, 0.4) is 0 Å². The van der Waals surface area contributed by atoms with E-state index in [2.05, 4.69) is 26.5 Å². The first-order valence-electron chi connectivity index (χ1n) is 4.78. The molecule has 0 spiro atoms. The van der Waals surface area contributed by atoms with Gasteiger partial charge in [-0.1, -0.05) is 15.9 Å². The van der Waals surface area contributed by atoms with Crippen LogP contribution >= 0.6 is 15.9 Å². The molecule has 0 aliphatic heterocycles. The Hall–Kier alpha value is -1.36. The minimum absolute atomic E-state index is 0.214. The lowest BCUT2D eigenvalue weighted by atomic mass is 10.2. The van der Waals surface area contributed by atoms with Crippen molar-refractivity contribution in [3.05, 3.63) is 34.3 Å². The van der Waals surface area contributed by atoms with Crippen LogP contribution in [0.2, 0.25) is 0 Å². The SMILES string of the molecule is C/C(=N\NC(=O)c1ccc(Br)cc1)N(C)C. The first-order valence-corrected chi connectivity index (χ1v) is 5.57. The average molecular weight is 284 g/mol. The number of benzene rings is 1. The highest BCUT2D eigenvalue weighted by molar-refractivity contribution is 9.10. The van der Waals surface area contributed by atoms with Gasteiger partial charge in [0.1, 0.15) is 5.84 Å². The lowest BCUT2D eigenvalue weighted by Crippen LogP contribution is -2.25. The van der Waals surface area contributed by atoms with Gasteiger partial charge in [-0.15, -0.1) is 0 Å². The van der Waals surface area contributed by atoms with E-state index in [9.17, 15) is 4.79 Å². The van der Waals surface area contributed by atoms with Crippen molar-refractivity contribution in [1.29, 1.82) is 0 Å². The van der Waals surface area contributed by atoms with E-state index in [4.69, 9.17) is 0 Å². The largest absolute Gasteiger partial charge is 0.365 e. The minimum Gasteiger partial charge on any atom is -0.365 e. The number of halogens is 1. The summed E-state index contributed by atoms with van der Waals surface area (Å²) in [6.07, 6.45) is 0. The number of hydrazone groups is 1. The van der Waals surface area contributed by atoms with Gasteiger partial charge in [-0.05, 0) is 31.2 Å². The molecule has 16 heavy (non-hydrogen) atoms. The third kappa shape index (κ3) is 3.66. The van der Waals surface area contributed by atoms with Crippen molar-refractivity contribution in [2.45, 2.75) is 6.92 Å². The van der Waals surface area contributed by atoms with E-state index in [1.165, 1.54) is 0 Å². The van der Waals surface area contributed by atoms with E-state index in [0.29, 0.717) is 5.56 Å². The summed E-state index contributed by atoms with van der Waals surface area (Å²) in [4.78, 5) is 13.5.